The van der Waals surface area contributed by atoms with Crippen molar-refractivity contribution in [3.8, 4) is 5.75 Å². The lowest BCUT2D eigenvalue weighted by Crippen LogP contribution is -2.46. The predicted molar refractivity (Wildman–Crippen MR) is 131 cm³/mol. The van der Waals surface area contributed by atoms with Gasteiger partial charge in [-0.05, 0) is 31.0 Å². The van der Waals surface area contributed by atoms with E-state index in [2.05, 4.69) is 34.0 Å². The molecule has 3 atom stereocenters. The van der Waals surface area contributed by atoms with Gasteiger partial charge in [-0.15, -0.1) is 0 Å². The Morgan fingerprint density at radius 2 is 1.94 bits per heavy atom. The van der Waals surface area contributed by atoms with Gasteiger partial charge in [-0.2, -0.15) is 0 Å². The molecule has 2 amide bonds. The third-order valence-electron chi connectivity index (χ3n) is 6.13. The molecule has 1 N–H and O–H groups in total. The molecule has 2 heterocycles. The highest BCUT2D eigenvalue weighted by Crippen LogP contribution is 2.26. The molecule has 1 aliphatic heterocycles. The molecule has 0 aliphatic carbocycles. The Labute approximate surface area is 206 Å². The molecule has 1 aliphatic rings. The molecule has 1 aromatic heterocycles. The average Bonchev–Trinajstić information content (AvgIpc) is 2.85. The second-order valence-electron chi connectivity index (χ2n) is 8.97. The van der Waals surface area contributed by atoms with Crippen LogP contribution in [0.15, 0.2) is 36.9 Å². The highest BCUT2D eigenvalue weighted by atomic mass is 16.5. The van der Waals surface area contributed by atoms with Gasteiger partial charge in [0.15, 0.2) is 0 Å². The number of hydrogen-bond donors (Lipinski definition) is 1. The van der Waals surface area contributed by atoms with Crippen molar-refractivity contribution in [1.82, 2.24) is 19.8 Å². The van der Waals surface area contributed by atoms with Crippen LogP contribution in [0, 0.1) is 5.92 Å². The largest absolute Gasteiger partial charge is 0.491 e. The van der Waals surface area contributed by atoms with E-state index in [1.54, 1.807) is 37.3 Å². The molecule has 0 radical (unpaired) electrons. The van der Waals surface area contributed by atoms with Crippen LogP contribution in [0.2, 0.25) is 0 Å². The number of hydrogen-bond acceptors (Lipinski definition) is 8. The molecular formula is C25H35N5O5. The number of nitrogens with one attached hydrogen (secondary N) is 1. The maximum Gasteiger partial charge on any atom is 0.257 e. The van der Waals surface area contributed by atoms with E-state index in [4.69, 9.17) is 14.2 Å². The first-order valence-electron chi connectivity index (χ1n) is 11.6. The molecule has 2 aromatic rings. The lowest BCUT2D eigenvalue weighted by atomic mass is 10.0. The molecule has 35 heavy (non-hydrogen) atoms. The molecular weight excluding hydrogens is 450 g/mol. The van der Waals surface area contributed by atoms with Gasteiger partial charge in [-0.25, -0.2) is 9.97 Å². The summed E-state index contributed by atoms with van der Waals surface area (Å²) in [6.45, 7) is 6.34. The predicted octanol–water partition coefficient (Wildman–Crippen LogP) is 2.07. The van der Waals surface area contributed by atoms with Crippen molar-refractivity contribution in [1.29, 1.82) is 0 Å². The fraction of sp³-hybridized carbons (Fsp3) is 0.520. The summed E-state index contributed by atoms with van der Waals surface area (Å²) in [4.78, 5) is 37.6. The lowest BCUT2D eigenvalue weighted by Gasteiger charge is -2.36. The normalized spacial score (nSPS) is 21.9. The van der Waals surface area contributed by atoms with Gasteiger partial charge in [0.1, 0.15) is 25.3 Å². The first-order valence-corrected chi connectivity index (χ1v) is 11.6. The van der Waals surface area contributed by atoms with Crippen LogP contribution in [-0.4, -0.2) is 91.3 Å². The van der Waals surface area contributed by atoms with Gasteiger partial charge in [0, 0.05) is 70.6 Å². The Kier molecular flexibility index (Phi) is 9.53. The van der Waals surface area contributed by atoms with Crippen LogP contribution in [0.1, 0.15) is 29.8 Å². The quantitative estimate of drug-likeness (QED) is 0.663. The summed E-state index contributed by atoms with van der Waals surface area (Å²) in [5.41, 5.74) is 1.89. The van der Waals surface area contributed by atoms with Crippen LogP contribution in [0.25, 0.3) is 0 Å². The Morgan fingerprint density at radius 3 is 2.63 bits per heavy atom. The van der Waals surface area contributed by atoms with Crippen LogP contribution in [0.3, 0.4) is 0 Å². The summed E-state index contributed by atoms with van der Waals surface area (Å²) in [7, 11) is 4.87. The molecule has 0 unspecified atom stereocenters. The molecule has 190 valence electrons. The van der Waals surface area contributed by atoms with E-state index < -0.39 is 0 Å². The topological polar surface area (TPSA) is 106 Å². The minimum Gasteiger partial charge on any atom is -0.491 e. The Balaban J connectivity index is 1.92. The van der Waals surface area contributed by atoms with Gasteiger partial charge in [0.2, 0.25) is 5.91 Å². The number of methoxy groups -OCH3 is 2. The van der Waals surface area contributed by atoms with E-state index in [1.165, 1.54) is 13.4 Å². The SMILES string of the molecule is COCC(=O)Nc1ccc2c(c1)C(=O)N(C)C[C@@H](OC)[C@@H](C)CN(Cc1cncnc1)[C@H](C)CO2. The number of nitrogens with zero attached hydrogens (tertiary/aromatic N) is 4. The number of carbonyl (C=O) groups excluding carboxylic acids is 2. The second kappa shape index (κ2) is 12.6. The molecule has 0 saturated carbocycles. The van der Waals surface area contributed by atoms with Crippen molar-refractivity contribution in [2.45, 2.75) is 32.5 Å². The Hall–Kier alpha value is -3.08. The standard InChI is InChI=1S/C25H35N5O5/c1-17-11-30(12-19-9-26-16-27-10-19)18(2)14-35-22-7-6-20(28-24(31)15-33-4)8-21(22)25(32)29(3)13-23(17)34-5/h6-10,16-18,23H,11-15H2,1-5H3,(H,28,31)/t17-,18+,23+/m0/s1. The van der Waals surface area contributed by atoms with E-state index >= 15 is 0 Å². The average molecular weight is 486 g/mol. The minimum absolute atomic E-state index is 0.0383. The van der Waals surface area contributed by atoms with Gasteiger partial charge >= 0.3 is 0 Å². The van der Waals surface area contributed by atoms with Gasteiger partial charge in [0.05, 0.1) is 11.7 Å². The number of amides is 2. The van der Waals surface area contributed by atoms with Crippen LogP contribution in [0.5, 0.6) is 5.75 Å². The van der Waals surface area contributed by atoms with E-state index in [1.807, 2.05) is 12.4 Å². The number of carbonyl (C=O) groups is 2. The molecule has 0 saturated heterocycles. The van der Waals surface area contributed by atoms with Crippen LogP contribution < -0.4 is 10.1 Å². The molecule has 10 nitrogen and oxygen atoms in total. The van der Waals surface area contributed by atoms with Crippen LogP contribution >= 0.6 is 0 Å². The molecule has 0 fully saturated rings. The lowest BCUT2D eigenvalue weighted by molar-refractivity contribution is -0.119. The van der Waals surface area contributed by atoms with Crippen molar-refractivity contribution in [2.75, 3.05) is 52.9 Å². The summed E-state index contributed by atoms with van der Waals surface area (Å²) in [5.74, 6) is 0.0956. The smallest absolute Gasteiger partial charge is 0.257 e. The molecule has 10 heteroatoms. The molecule has 0 spiro atoms. The summed E-state index contributed by atoms with van der Waals surface area (Å²) in [6, 6.07) is 5.11. The van der Waals surface area contributed by atoms with E-state index in [-0.39, 0.29) is 36.5 Å². The highest BCUT2D eigenvalue weighted by molar-refractivity contribution is 5.99. The maximum absolute atomic E-state index is 13.4. The van der Waals surface area contributed by atoms with Crippen molar-refractivity contribution in [3.63, 3.8) is 0 Å². The molecule has 1 aromatic carbocycles. The Morgan fingerprint density at radius 1 is 1.20 bits per heavy atom. The summed E-state index contributed by atoms with van der Waals surface area (Å²) in [5, 5.41) is 2.75. The number of anilines is 1. The zero-order chi connectivity index (χ0) is 25.4. The number of fused-ring (bicyclic) bond motifs is 1. The van der Waals surface area contributed by atoms with Crippen LogP contribution in [-0.2, 0) is 20.8 Å². The number of benzene rings is 1. The third-order valence-corrected chi connectivity index (χ3v) is 6.13. The molecule has 0 bridgehead atoms. The maximum atomic E-state index is 13.4. The fourth-order valence-corrected chi connectivity index (χ4v) is 4.12. The van der Waals surface area contributed by atoms with Gasteiger partial charge in [-0.3, -0.25) is 14.5 Å². The third kappa shape index (κ3) is 7.20. The Bertz CT molecular complexity index is 989. The summed E-state index contributed by atoms with van der Waals surface area (Å²) >= 11 is 0. The van der Waals surface area contributed by atoms with Crippen LogP contribution in [0.4, 0.5) is 5.69 Å². The fourth-order valence-electron chi connectivity index (χ4n) is 4.12. The van der Waals surface area contributed by atoms with E-state index in [9.17, 15) is 9.59 Å². The number of likely N-dealkylation sites (N-methyl/N-ethyl adjacent to an activating group) is 1. The van der Waals surface area contributed by atoms with Gasteiger partial charge in [0.25, 0.3) is 5.91 Å². The zero-order valence-corrected chi connectivity index (χ0v) is 21.1. The molecule has 3 rings (SSSR count). The van der Waals surface area contributed by atoms with E-state index in [0.717, 1.165) is 12.1 Å². The zero-order valence-electron chi connectivity index (χ0n) is 21.1. The van der Waals surface area contributed by atoms with Crippen molar-refractivity contribution < 1.29 is 23.8 Å². The summed E-state index contributed by atoms with van der Waals surface area (Å²) in [6.07, 6.45) is 4.98. The van der Waals surface area contributed by atoms with Crippen molar-refractivity contribution in [3.05, 3.63) is 48.0 Å². The highest BCUT2D eigenvalue weighted by Gasteiger charge is 2.28. The first-order chi connectivity index (χ1) is 16.8. The summed E-state index contributed by atoms with van der Waals surface area (Å²) < 4.78 is 16.8. The first kappa shape index (κ1) is 26.5. The van der Waals surface area contributed by atoms with Crippen molar-refractivity contribution >= 4 is 17.5 Å². The number of rotatable bonds is 6. The number of aromatic nitrogens is 2. The second-order valence-corrected chi connectivity index (χ2v) is 8.97. The van der Waals surface area contributed by atoms with E-state index in [0.29, 0.717) is 36.7 Å². The number of ether oxygens (including phenoxy) is 3. The monoisotopic (exact) mass is 485 g/mol. The minimum atomic E-state index is -0.301. The van der Waals surface area contributed by atoms with Gasteiger partial charge in [-0.1, -0.05) is 6.92 Å². The van der Waals surface area contributed by atoms with Crippen molar-refractivity contribution in [2.24, 2.45) is 5.92 Å². The van der Waals surface area contributed by atoms with Gasteiger partial charge < -0.3 is 24.4 Å².